The van der Waals surface area contributed by atoms with E-state index >= 15 is 0 Å². The van der Waals surface area contributed by atoms with Crippen molar-refractivity contribution >= 4 is 34.0 Å². The molecule has 4 rings (SSSR count). The summed E-state index contributed by atoms with van der Waals surface area (Å²) in [6, 6.07) is 13.1. The number of carbonyl (C=O) groups excluding carboxylic acids is 1. The van der Waals surface area contributed by atoms with Gasteiger partial charge in [0.1, 0.15) is 12.4 Å². The largest absolute Gasteiger partial charge is 0.481 e. The molecule has 1 aliphatic carbocycles. The Morgan fingerprint density at radius 2 is 2.00 bits per heavy atom. The third kappa shape index (κ3) is 5.02. The lowest BCUT2D eigenvalue weighted by molar-refractivity contribution is 0.102. The second-order valence-electron chi connectivity index (χ2n) is 8.29. The van der Waals surface area contributed by atoms with E-state index in [1.54, 1.807) is 11.8 Å². The smallest absolute Gasteiger partial charge is 0.230 e. The molecule has 0 N–H and O–H groups in total. The Morgan fingerprint density at radius 1 is 1.21 bits per heavy atom. The molecule has 0 spiro atoms. The van der Waals surface area contributed by atoms with Crippen LogP contribution in [-0.2, 0) is 0 Å². The SMILES string of the molecule is C#CCOc1ccc2nc(C(=O)c3ccc(SC)cc3)nc(C3=CCC(C(C)C)C=C3)c2c1. The third-order valence-electron chi connectivity index (χ3n) is 5.81. The van der Waals surface area contributed by atoms with Crippen molar-refractivity contribution in [2.45, 2.75) is 25.2 Å². The van der Waals surface area contributed by atoms with Gasteiger partial charge in [-0.25, -0.2) is 9.97 Å². The summed E-state index contributed by atoms with van der Waals surface area (Å²) in [4.78, 5) is 23.7. The zero-order valence-corrected chi connectivity index (χ0v) is 19.9. The fourth-order valence-corrected chi connectivity index (χ4v) is 4.23. The molecule has 0 bridgehead atoms. The second-order valence-corrected chi connectivity index (χ2v) is 9.17. The number of hydrogen-bond donors (Lipinski definition) is 0. The number of ether oxygens (including phenoxy) is 1. The minimum Gasteiger partial charge on any atom is -0.481 e. The third-order valence-corrected chi connectivity index (χ3v) is 6.55. The summed E-state index contributed by atoms with van der Waals surface area (Å²) in [5, 5.41) is 0.831. The molecule has 166 valence electrons. The Morgan fingerprint density at radius 3 is 2.64 bits per heavy atom. The van der Waals surface area contributed by atoms with Crippen LogP contribution in [0.15, 0.2) is 65.6 Å². The Balaban J connectivity index is 1.80. The topological polar surface area (TPSA) is 52.1 Å². The van der Waals surface area contributed by atoms with Crippen molar-refractivity contribution in [3.05, 3.63) is 77.8 Å². The molecule has 1 aliphatic rings. The van der Waals surface area contributed by atoms with Crippen molar-refractivity contribution in [2.75, 3.05) is 12.9 Å². The van der Waals surface area contributed by atoms with Gasteiger partial charge in [0, 0.05) is 15.8 Å². The summed E-state index contributed by atoms with van der Waals surface area (Å²) in [7, 11) is 0. The van der Waals surface area contributed by atoms with Gasteiger partial charge in [-0.05, 0) is 72.6 Å². The van der Waals surface area contributed by atoms with Crippen LogP contribution in [0.1, 0.15) is 42.1 Å². The van der Waals surface area contributed by atoms with Gasteiger partial charge in [0.25, 0.3) is 0 Å². The zero-order chi connectivity index (χ0) is 23.4. The molecular weight excluding hydrogens is 428 g/mol. The first kappa shape index (κ1) is 22.8. The quantitative estimate of drug-likeness (QED) is 0.241. The molecule has 1 atom stereocenters. The molecule has 1 unspecified atom stereocenters. The number of allylic oxidation sites excluding steroid dienone is 4. The Bertz CT molecular complexity index is 1280. The highest BCUT2D eigenvalue weighted by atomic mass is 32.2. The second kappa shape index (κ2) is 10.1. The van der Waals surface area contributed by atoms with Gasteiger partial charge in [0.15, 0.2) is 0 Å². The van der Waals surface area contributed by atoms with E-state index in [1.165, 1.54) is 0 Å². The van der Waals surface area contributed by atoms with Crippen molar-refractivity contribution in [1.82, 2.24) is 9.97 Å². The van der Waals surface area contributed by atoms with E-state index in [0.717, 1.165) is 28.0 Å². The van der Waals surface area contributed by atoms with Crippen molar-refractivity contribution in [2.24, 2.45) is 11.8 Å². The van der Waals surface area contributed by atoms with E-state index < -0.39 is 0 Å². The molecule has 0 fully saturated rings. The first-order chi connectivity index (χ1) is 16.0. The predicted octanol–water partition coefficient (Wildman–Crippen LogP) is 6.21. The van der Waals surface area contributed by atoms with E-state index in [1.807, 2.05) is 48.7 Å². The maximum atomic E-state index is 13.3. The van der Waals surface area contributed by atoms with E-state index in [-0.39, 0.29) is 18.2 Å². The highest BCUT2D eigenvalue weighted by Crippen LogP contribution is 2.32. The normalized spacial score (nSPS) is 15.4. The van der Waals surface area contributed by atoms with E-state index in [2.05, 4.69) is 43.0 Å². The Labute approximate surface area is 199 Å². The standard InChI is InChI=1S/C28H26N2O2S/c1-5-16-32-22-12-15-25-24(17-22)26(20-8-6-19(7-9-20)18(2)3)30-28(29-25)27(31)21-10-13-23(33-4)14-11-21/h1,6,8-15,17-19H,7,16H2,2-4H3. The monoisotopic (exact) mass is 454 g/mol. The number of benzene rings is 2. The zero-order valence-electron chi connectivity index (χ0n) is 19.0. The molecule has 4 nitrogen and oxygen atoms in total. The predicted molar refractivity (Wildman–Crippen MR) is 136 cm³/mol. The molecule has 0 radical (unpaired) electrons. The summed E-state index contributed by atoms with van der Waals surface area (Å²) in [5.41, 5.74) is 2.98. The van der Waals surface area contributed by atoms with Gasteiger partial charge in [-0.1, -0.05) is 38.0 Å². The number of terminal acetylenes is 1. The van der Waals surface area contributed by atoms with Crippen LogP contribution in [0.25, 0.3) is 16.5 Å². The number of carbonyl (C=O) groups is 1. The van der Waals surface area contributed by atoms with Gasteiger partial charge < -0.3 is 4.74 Å². The van der Waals surface area contributed by atoms with Crippen LogP contribution < -0.4 is 4.74 Å². The van der Waals surface area contributed by atoms with Gasteiger partial charge in [-0.3, -0.25) is 4.79 Å². The number of ketones is 1. The van der Waals surface area contributed by atoms with E-state index in [0.29, 0.717) is 28.7 Å². The number of thioether (sulfide) groups is 1. The molecule has 33 heavy (non-hydrogen) atoms. The van der Waals surface area contributed by atoms with Crippen LogP contribution in [0.2, 0.25) is 0 Å². The van der Waals surface area contributed by atoms with E-state index in [4.69, 9.17) is 16.1 Å². The number of nitrogens with zero attached hydrogens (tertiary/aromatic N) is 2. The fourth-order valence-electron chi connectivity index (χ4n) is 3.82. The molecule has 3 aromatic rings. The van der Waals surface area contributed by atoms with Crippen molar-refractivity contribution in [3.63, 3.8) is 0 Å². The first-order valence-electron chi connectivity index (χ1n) is 11.0. The lowest BCUT2D eigenvalue weighted by Crippen LogP contribution is -2.11. The number of rotatable bonds is 7. The maximum Gasteiger partial charge on any atom is 0.230 e. The van der Waals surface area contributed by atoms with Crippen LogP contribution in [0, 0.1) is 24.2 Å². The lowest BCUT2D eigenvalue weighted by Gasteiger charge is -2.20. The maximum absolute atomic E-state index is 13.3. The molecule has 2 aromatic carbocycles. The van der Waals surface area contributed by atoms with E-state index in [9.17, 15) is 4.79 Å². The molecular formula is C28H26N2O2S. The molecule has 0 saturated carbocycles. The number of hydrogen-bond acceptors (Lipinski definition) is 5. The van der Waals surface area contributed by atoms with Gasteiger partial charge in [0.2, 0.25) is 11.6 Å². The molecule has 0 saturated heterocycles. The molecule has 0 amide bonds. The minimum absolute atomic E-state index is 0.184. The van der Waals surface area contributed by atoms with Gasteiger partial charge in [-0.2, -0.15) is 0 Å². The summed E-state index contributed by atoms with van der Waals surface area (Å²) < 4.78 is 5.62. The highest BCUT2D eigenvalue weighted by molar-refractivity contribution is 7.98. The Kier molecular flexibility index (Phi) is 6.96. The van der Waals surface area contributed by atoms with Crippen molar-refractivity contribution in [3.8, 4) is 18.1 Å². The van der Waals surface area contributed by atoms with Gasteiger partial charge >= 0.3 is 0 Å². The van der Waals surface area contributed by atoms with Crippen molar-refractivity contribution in [1.29, 1.82) is 0 Å². The molecule has 0 aliphatic heterocycles. The van der Waals surface area contributed by atoms with Gasteiger partial charge in [0.05, 0.1) is 11.2 Å². The molecule has 1 aromatic heterocycles. The first-order valence-corrected chi connectivity index (χ1v) is 12.2. The van der Waals surface area contributed by atoms with Crippen LogP contribution in [-0.4, -0.2) is 28.6 Å². The summed E-state index contributed by atoms with van der Waals surface area (Å²) in [6.45, 7) is 4.63. The Hall–Kier alpha value is -3.36. The van der Waals surface area contributed by atoms with Crippen LogP contribution >= 0.6 is 11.8 Å². The summed E-state index contributed by atoms with van der Waals surface area (Å²) >= 11 is 1.64. The number of aromatic nitrogens is 2. The number of fused-ring (bicyclic) bond motifs is 1. The van der Waals surface area contributed by atoms with Crippen LogP contribution in [0.5, 0.6) is 5.75 Å². The summed E-state index contributed by atoms with van der Waals surface area (Å²) in [6.07, 6.45) is 14.8. The average Bonchev–Trinajstić information content (AvgIpc) is 2.86. The van der Waals surface area contributed by atoms with Crippen LogP contribution in [0.4, 0.5) is 0 Å². The average molecular weight is 455 g/mol. The summed E-state index contributed by atoms with van der Waals surface area (Å²) in [5.74, 6) is 4.18. The molecule has 5 heteroatoms. The van der Waals surface area contributed by atoms with Gasteiger partial charge in [-0.15, -0.1) is 18.2 Å². The molecule has 1 heterocycles. The van der Waals surface area contributed by atoms with Crippen LogP contribution in [0.3, 0.4) is 0 Å². The fraction of sp³-hybridized carbons (Fsp3) is 0.250. The minimum atomic E-state index is -0.195. The highest BCUT2D eigenvalue weighted by Gasteiger charge is 2.20. The lowest BCUT2D eigenvalue weighted by atomic mass is 9.86. The van der Waals surface area contributed by atoms with Crippen molar-refractivity contribution < 1.29 is 9.53 Å².